The van der Waals surface area contributed by atoms with Crippen LogP contribution in [0.3, 0.4) is 0 Å². The van der Waals surface area contributed by atoms with Crippen molar-refractivity contribution in [2.45, 2.75) is 20.0 Å². The number of aromatic nitrogens is 2. The minimum absolute atomic E-state index is 0.00668. The minimum Gasteiger partial charge on any atom is -0.339 e. The van der Waals surface area contributed by atoms with Gasteiger partial charge in [-0.1, -0.05) is 29.3 Å². The fraction of sp³-hybridized carbons (Fsp3) is 0.400. The molecule has 0 unspecified atom stereocenters. The van der Waals surface area contributed by atoms with Crippen LogP contribution >= 0.6 is 23.2 Å². The van der Waals surface area contributed by atoms with Crippen LogP contribution in [0.25, 0.3) is 0 Å². The highest BCUT2D eigenvalue weighted by Gasteiger charge is 2.30. The van der Waals surface area contributed by atoms with Crippen LogP contribution in [0, 0.1) is 0 Å². The lowest BCUT2D eigenvalue weighted by Crippen LogP contribution is -2.50. The normalized spacial score (nSPS) is 16.6. The summed E-state index contributed by atoms with van der Waals surface area (Å²) in [6, 6.07) is 6.85. The van der Waals surface area contributed by atoms with E-state index in [1.807, 2.05) is 6.07 Å². The molecule has 0 N–H and O–H groups in total. The predicted octanol–water partition coefficient (Wildman–Crippen LogP) is 2.15. The topological polar surface area (TPSA) is 78.8 Å². The number of hydrogen-bond acceptors (Lipinski definition) is 4. The Bertz CT molecular complexity index is 1010. The Kier molecular flexibility index (Phi) is 5.71. The number of hydrogen-bond donors (Lipinski definition) is 0. The predicted molar refractivity (Wildman–Crippen MR) is 112 cm³/mol. The van der Waals surface area contributed by atoms with Gasteiger partial charge in [0.25, 0.3) is 11.8 Å². The number of carbonyl (C=O) groups is 3. The molecule has 0 aliphatic carbocycles. The van der Waals surface area contributed by atoms with Crippen molar-refractivity contribution in [1.29, 1.82) is 0 Å². The zero-order valence-corrected chi connectivity index (χ0v) is 18.0. The Morgan fingerprint density at radius 3 is 2.33 bits per heavy atom. The van der Waals surface area contributed by atoms with E-state index in [1.165, 1.54) is 6.92 Å². The van der Waals surface area contributed by atoms with Crippen molar-refractivity contribution < 1.29 is 14.4 Å². The maximum absolute atomic E-state index is 12.9. The van der Waals surface area contributed by atoms with Crippen LogP contribution in [0.5, 0.6) is 0 Å². The highest BCUT2D eigenvalue weighted by molar-refractivity contribution is 6.42. The van der Waals surface area contributed by atoms with Crippen LogP contribution in [0.2, 0.25) is 10.0 Å². The second kappa shape index (κ2) is 8.28. The molecule has 1 fully saturated rings. The number of rotatable bonds is 3. The largest absolute Gasteiger partial charge is 0.339 e. The quantitative estimate of drug-likeness (QED) is 0.718. The molecule has 3 amide bonds. The molecular weight excluding hydrogens is 429 g/mol. The Labute approximate surface area is 183 Å². The van der Waals surface area contributed by atoms with E-state index in [1.54, 1.807) is 37.6 Å². The summed E-state index contributed by atoms with van der Waals surface area (Å²) in [5, 5.41) is 5.27. The standard InChI is InChI=1S/C20H21Cl2N5O3/c1-13(28)24-4-6-25(7-5-24)19(29)17-11-18-20(30)26(8-9-27(18)23-17)12-14-2-3-15(21)16(22)10-14/h2-3,10-11H,4-9,12H2,1H3. The SMILES string of the molecule is CC(=O)N1CCN(C(=O)c2cc3n(n2)CCN(Cc2ccc(Cl)c(Cl)c2)C3=O)CC1. The number of halogens is 2. The van der Waals surface area contributed by atoms with Crippen LogP contribution in [0.4, 0.5) is 0 Å². The van der Waals surface area contributed by atoms with E-state index < -0.39 is 0 Å². The third-order valence-corrected chi connectivity index (χ3v) is 6.20. The summed E-state index contributed by atoms with van der Waals surface area (Å²) < 4.78 is 1.59. The zero-order chi connectivity index (χ0) is 21.4. The summed E-state index contributed by atoms with van der Waals surface area (Å²) >= 11 is 12.0. The van der Waals surface area contributed by atoms with Crippen molar-refractivity contribution in [3.8, 4) is 0 Å². The molecule has 0 bridgehead atoms. The summed E-state index contributed by atoms with van der Waals surface area (Å²) in [7, 11) is 0. The molecule has 0 atom stereocenters. The number of nitrogens with zero attached hydrogens (tertiary/aromatic N) is 5. The second-order valence-corrected chi connectivity index (χ2v) is 8.23. The minimum atomic E-state index is -0.219. The number of benzene rings is 1. The molecular formula is C20H21Cl2N5O3. The van der Waals surface area contributed by atoms with Crippen molar-refractivity contribution in [3.05, 3.63) is 51.3 Å². The van der Waals surface area contributed by atoms with Gasteiger partial charge < -0.3 is 14.7 Å². The summed E-state index contributed by atoms with van der Waals surface area (Å²) in [5.74, 6) is -0.392. The fourth-order valence-electron chi connectivity index (χ4n) is 3.74. The molecule has 1 saturated heterocycles. The lowest BCUT2D eigenvalue weighted by atomic mass is 10.2. The number of carbonyl (C=O) groups excluding carboxylic acids is 3. The molecule has 2 aliphatic heterocycles. The fourth-order valence-corrected chi connectivity index (χ4v) is 4.06. The van der Waals surface area contributed by atoms with Gasteiger partial charge >= 0.3 is 0 Å². The van der Waals surface area contributed by atoms with Gasteiger partial charge in [0.15, 0.2) is 5.69 Å². The van der Waals surface area contributed by atoms with Crippen molar-refractivity contribution in [3.63, 3.8) is 0 Å². The van der Waals surface area contributed by atoms with Crippen LogP contribution in [-0.2, 0) is 17.9 Å². The maximum atomic E-state index is 12.9. The molecule has 0 radical (unpaired) electrons. The monoisotopic (exact) mass is 449 g/mol. The summed E-state index contributed by atoms with van der Waals surface area (Å²) in [4.78, 5) is 42.3. The lowest BCUT2D eigenvalue weighted by Gasteiger charge is -2.33. The third-order valence-electron chi connectivity index (χ3n) is 5.46. The number of amides is 3. The molecule has 10 heteroatoms. The van der Waals surface area contributed by atoms with E-state index in [4.69, 9.17) is 23.2 Å². The molecule has 2 aliphatic rings. The molecule has 2 aromatic rings. The number of fused-ring (bicyclic) bond motifs is 1. The number of piperazine rings is 1. The van der Waals surface area contributed by atoms with Gasteiger partial charge in [-0.3, -0.25) is 19.1 Å². The van der Waals surface area contributed by atoms with Crippen LogP contribution in [0.15, 0.2) is 24.3 Å². The molecule has 8 nitrogen and oxygen atoms in total. The first-order valence-electron chi connectivity index (χ1n) is 9.69. The molecule has 1 aromatic heterocycles. The average Bonchev–Trinajstić information content (AvgIpc) is 3.17. The Morgan fingerprint density at radius 2 is 1.67 bits per heavy atom. The van der Waals surface area contributed by atoms with Gasteiger partial charge in [-0.25, -0.2) is 0 Å². The van der Waals surface area contributed by atoms with Crippen molar-refractivity contribution in [2.24, 2.45) is 0 Å². The molecule has 1 aromatic carbocycles. The van der Waals surface area contributed by atoms with Gasteiger partial charge in [-0.15, -0.1) is 0 Å². The van der Waals surface area contributed by atoms with Gasteiger partial charge in [0.2, 0.25) is 5.91 Å². The first-order chi connectivity index (χ1) is 14.3. The van der Waals surface area contributed by atoms with Crippen molar-refractivity contribution in [1.82, 2.24) is 24.5 Å². The van der Waals surface area contributed by atoms with Gasteiger partial charge in [-0.2, -0.15) is 5.10 Å². The average molecular weight is 450 g/mol. The maximum Gasteiger partial charge on any atom is 0.274 e. The van der Waals surface area contributed by atoms with E-state index in [0.29, 0.717) is 61.6 Å². The van der Waals surface area contributed by atoms with Gasteiger partial charge in [0.1, 0.15) is 5.69 Å². The highest BCUT2D eigenvalue weighted by atomic mass is 35.5. The molecule has 0 spiro atoms. The van der Waals surface area contributed by atoms with Gasteiger partial charge in [0, 0.05) is 52.3 Å². The van der Waals surface area contributed by atoms with Crippen LogP contribution in [0.1, 0.15) is 33.5 Å². The Hall–Kier alpha value is -2.58. The summed E-state index contributed by atoms with van der Waals surface area (Å²) in [6.45, 7) is 4.84. The molecule has 3 heterocycles. The van der Waals surface area contributed by atoms with E-state index in [-0.39, 0.29) is 23.4 Å². The molecule has 158 valence electrons. The summed E-state index contributed by atoms with van der Waals surface area (Å²) in [6.07, 6.45) is 0. The first-order valence-corrected chi connectivity index (χ1v) is 10.4. The smallest absolute Gasteiger partial charge is 0.274 e. The first kappa shape index (κ1) is 20.7. The summed E-state index contributed by atoms with van der Waals surface area (Å²) in [5.41, 5.74) is 1.53. The van der Waals surface area contributed by atoms with Crippen molar-refractivity contribution >= 4 is 40.9 Å². The second-order valence-electron chi connectivity index (χ2n) is 7.41. The van der Waals surface area contributed by atoms with E-state index in [2.05, 4.69) is 5.10 Å². The lowest BCUT2D eigenvalue weighted by molar-refractivity contribution is -0.130. The van der Waals surface area contributed by atoms with Gasteiger partial charge in [-0.05, 0) is 17.7 Å². The molecule has 30 heavy (non-hydrogen) atoms. The third kappa shape index (κ3) is 4.02. The van der Waals surface area contributed by atoms with Crippen LogP contribution < -0.4 is 0 Å². The van der Waals surface area contributed by atoms with Crippen molar-refractivity contribution in [2.75, 3.05) is 32.7 Å². The molecule has 4 rings (SSSR count). The van der Waals surface area contributed by atoms with E-state index in [0.717, 1.165) is 5.56 Å². The van der Waals surface area contributed by atoms with Crippen LogP contribution in [-0.4, -0.2) is 74.9 Å². The van der Waals surface area contributed by atoms with Gasteiger partial charge in [0.05, 0.1) is 16.6 Å². The van der Waals surface area contributed by atoms with E-state index >= 15 is 0 Å². The zero-order valence-electron chi connectivity index (χ0n) is 16.5. The Balaban J connectivity index is 1.45. The Morgan fingerprint density at radius 1 is 0.967 bits per heavy atom. The highest BCUT2D eigenvalue weighted by Crippen LogP contribution is 2.24. The molecule has 0 saturated carbocycles. The van der Waals surface area contributed by atoms with E-state index in [9.17, 15) is 14.4 Å².